The topological polar surface area (TPSA) is 74.8 Å². The van der Waals surface area contributed by atoms with Crippen LogP contribution in [0.25, 0.3) is 0 Å². The lowest BCUT2D eigenvalue weighted by Crippen LogP contribution is -2.35. The average Bonchev–Trinajstić information content (AvgIpc) is 2.81. The molecule has 0 aromatic heterocycles. The van der Waals surface area contributed by atoms with Crippen molar-refractivity contribution in [1.82, 2.24) is 0 Å². The van der Waals surface area contributed by atoms with Crippen LogP contribution >= 0.6 is 0 Å². The molecule has 0 saturated carbocycles. The van der Waals surface area contributed by atoms with Crippen molar-refractivity contribution in [3.05, 3.63) is 96.7 Å². The molecule has 4 rings (SSSR count). The van der Waals surface area contributed by atoms with E-state index in [0.29, 0.717) is 5.69 Å². The third-order valence-electron chi connectivity index (χ3n) is 4.87. The second-order valence-corrected chi connectivity index (χ2v) is 10.6. The van der Waals surface area contributed by atoms with Gasteiger partial charge in [-0.25, -0.2) is 21.1 Å². The summed E-state index contributed by atoms with van der Waals surface area (Å²) >= 11 is 0. The molecule has 1 aliphatic rings. The van der Waals surface area contributed by atoms with Gasteiger partial charge in [0.25, 0.3) is 20.0 Å². The Bertz CT molecular complexity index is 1320. The normalized spacial score (nSPS) is 16.1. The zero-order valence-corrected chi connectivity index (χ0v) is 17.9. The van der Waals surface area contributed by atoms with E-state index in [9.17, 15) is 16.8 Å². The molecule has 0 aliphatic carbocycles. The van der Waals surface area contributed by atoms with Crippen molar-refractivity contribution in [1.29, 1.82) is 0 Å². The van der Waals surface area contributed by atoms with Crippen molar-refractivity contribution in [3.63, 3.8) is 0 Å². The number of para-hydroxylation sites is 2. The molecule has 0 spiro atoms. The van der Waals surface area contributed by atoms with Crippen molar-refractivity contribution in [2.24, 2.45) is 0 Å². The summed E-state index contributed by atoms with van der Waals surface area (Å²) in [6.45, 7) is 5.58. The monoisotopic (exact) mass is 440 g/mol. The Morgan fingerprint density at radius 3 is 2.13 bits per heavy atom. The lowest BCUT2D eigenvalue weighted by atomic mass is 10.2. The Morgan fingerprint density at radius 1 is 0.867 bits per heavy atom. The fraction of sp³-hybridized carbons (Fsp3) is 0.0909. The van der Waals surface area contributed by atoms with Crippen molar-refractivity contribution in [3.8, 4) is 0 Å². The van der Waals surface area contributed by atoms with Gasteiger partial charge >= 0.3 is 0 Å². The Morgan fingerprint density at radius 2 is 1.47 bits per heavy atom. The highest BCUT2D eigenvalue weighted by Crippen LogP contribution is 2.39. The van der Waals surface area contributed by atoms with E-state index in [1.54, 1.807) is 54.6 Å². The van der Waals surface area contributed by atoms with Crippen LogP contribution in [-0.2, 0) is 20.0 Å². The van der Waals surface area contributed by atoms with E-state index in [4.69, 9.17) is 0 Å². The minimum atomic E-state index is -4.08. The first-order valence-electron chi connectivity index (χ1n) is 9.19. The zero-order valence-electron chi connectivity index (χ0n) is 16.3. The second kappa shape index (κ2) is 7.30. The molecular weight excluding hydrogens is 420 g/mol. The van der Waals surface area contributed by atoms with E-state index in [-0.39, 0.29) is 27.7 Å². The van der Waals surface area contributed by atoms with E-state index in [1.807, 2.05) is 6.92 Å². The quantitative estimate of drug-likeness (QED) is 0.619. The van der Waals surface area contributed by atoms with E-state index in [2.05, 4.69) is 6.58 Å². The molecule has 3 aromatic carbocycles. The number of benzene rings is 3. The molecule has 0 amide bonds. The van der Waals surface area contributed by atoms with Crippen LogP contribution in [-0.4, -0.2) is 23.4 Å². The summed E-state index contributed by atoms with van der Waals surface area (Å²) in [6, 6.07) is 21.1. The molecule has 0 N–H and O–H groups in total. The molecule has 0 fully saturated rings. The highest BCUT2D eigenvalue weighted by molar-refractivity contribution is 7.94. The Labute approximate surface area is 176 Å². The molecule has 0 bridgehead atoms. The number of rotatable bonds is 3. The highest BCUT2D eigenvalue weighted by atomic mass is 32.2. The summed E-state index contributed by atoms with van der Waals surface area (Å²) in [7, 11) is -8.10. The molecule has 0 saturated heterocycles. The van der Waals surface area contributed by atoms with E-state index in [1.165, 1.54) is 24.3 Å². The summed E-state index contributed by atoms with van der Waals surface area (Å²) in [4.78, 5) is -0.00977. The summed E-state index contributed by atoms with van der Waals surface area (Å²) in [5, 5.41) is 0. The molecule has 8 heteroatoms. The fourth-order valence-corrected chi connectivity index (χ4v) is 6.62. The molecule has 30 heavy (non-hydrogen) atoms. The Hall–Kier alpha value is -3.10. The van der Waals surface area contributed by atoms with Crippen LogP contribution in [0.2, 0.25) is 0 Å². The number of hydrogen-bond donors (Lipinski definition) is 0. The van der Waals surface area contributed by atoms with Gasteiger partial charge in [0.15, 0.2) is 0 Å². The van der Waals surface area contributed by atoms with Crippen LogP contribution in [0.1, 0.15) is 5.56 Å². The van der Waals surface area contributed by atoms with Gasteiger partial charge in [0, 0.05) is 5.70 Å². The maximum atomic E-state index is 13.5. The standard InChI is InChI=1S/C22H20N2O4S2/c1-17-12-14-20(15-13-17)29(25,26)23-16-18(2)24(19-8-4-3-5-9-19)30(27,28)22-11-7-6-10-21(22)23/h3-15H,2,16H2,1H3. The van der Waals surface area contributed by atoms with Gasteiger partial charge in [-0.3, -0.25) is 4.31 Å². The third-order valence-corrected chi connectivity index (χ3v) is 8.49. The van der Waals surface area contributed by atoms with Gasteiger partial charge in [-0.1, -0.05) is 54.6 Å². The molecule has 154 valence electrons. The predicted molar refractivity (Wildman–Crippen MR) is 117 cm³/mol. The molecular formula is C22H20N2O4S2. The maximum Gasteiger partial charge on any atom is 0.270 e. The molecule has 1 aliphatic heterocycles. The molecule has 0 radical (unpaired) electrons. The van der Waals surface area contributed by atoms with Crippen LogP contribution < -0.4 is 8.61 Å². The van der Waals surface area contributed by atoms with Gasteiger partial charge in [0.2, 0.25) is 0 Å². The highest BCUT2D eigenvalue weighted by Gasteiger charge is 2.39. The van der Waals surface area contributed by atoms with E-state index >= 15 is 0 Å². The number of nitrogens with zero attached hydrogens (tertiary/aromatic N) is 2. The third kappa shape index (κ3) is 3.28. The van der Waals surface area contributed by atoms with Crippen molar-refractivity contribution in [2.45, 2.75) is 16.7 Å². The Kier molecular flexibility index (Phi) is 4.91. The molecule has 3 aromatic rings. The zero-order chi connectivity index (χ0) is 21.5. The number of sulfonamides is 2. The number of anilines is 2. The number of hydrogen-bond acceptors (Lipinski definition) is 4. The summed E-state index contributed by atoms with van der Waals surface area (Å²) in [6.07, 6.45) is 0. The van der Waals surface area contributed by atoms with Crippen LogP contribution in [0.5, 0.6) is 0 Å². The first kappa shape index (κ1) is 20.2. The van der Waals surface area contributed by atoms with Crippen LogP contribution in [0.3, 0.4) is 0 Å². The van der Waals surface area contributed by atoms with Crippen molar-refractivity contribution in [2.75, 3.05) is 15.2 Å². The van der Waals surface area contributed by atoms with Gasteiger partial charge in [0.05, 0.1) is 22.8 Å². The maximum absolute atomic E-state index is 13.5. The SMILES string of the molecule is C=C1CN(S(=O)(=O)c2ccc(C)cc2)c2ccccc2S(=O)(=O)N1c1ccccc1. The van der Waals surface area contributed by atoms with E-state index < -0.39 is 20.0 Å². The van der Waals surface area contributed by atoms with Gasteiger partial charge < -0.3 is 0 Å². The van der Waals surface area contributed by atoms with Gasteiger partial charge in [-0.15, -0.1) is 0 Å². The second-order valence-electron chi connectivity index (χ2n) is 6.96. The molecule has 6 nitrogen and oxygen atoms in total. The van der Waals surface area contributed by atoms with Crippen LogP contribution in [0.15, 0.2) is 101 Å². The van der Waals surface area contributed by atoms with Gasteiger partial charge in [0.1, 0.15) is 4.90 Å². The fourth-order valence-electron chi connectivity index (χ4n) is 3.40. The van der Waals surface area contributed by atoms with E-state index in [0.717, 1.165) is 14.2 Å². The predicted octanol–water partition coefficient (Wildman–Crippen LogP) is 3.91. The molecule has 1 heterocycles. The first-order chi connectivity index (χ1) is 14.2. The minimum absolute atomic E-state index is 0.0845. The summed E-state index contributed by atoms with van der Waals surface area (Å²) in [5.74, 6) is 0. The van der Waals surface area contributed by atoms with Crippen LogP contribution in [0.4, 0.5) is 11.4 Å². The Balaban J connectivity index is 1.94. The largest absolute Gasteiger partial charge is 0.270 e. The smallest absolute Gasteiger partial charge is 0.259 e. The lowest BCUT2D eigenvalue weighted by Gasteiger charge is -2.26. The average molecular weight is 441 g/mol. The molecule has 0 atom stereocenters. The van der Waals surface area contributed by atoms with Crippen molar-refractivity contribution < 1.29 is 16.8 Å². The first-order valence-corrected chi connectivity index (χ1v) is 12.1. The van der Waals surface area contributed by atoms with Gasteiger partial charge in [-0.05, 0) is 43.3 Å². The lowest BCUT2D eigenvalue weighted by molar-refractivity contribution is 0.591. The van der Waals surface area contributed by atoms with Crippen molar-refractivity contribution >= 4 is 31.4 Å². The summed E-state index contributed by atoms with van der Waals surface area (Å²) < 4.78 is 56.2. The number of fused-ring (bicyclic) bond motifs is 1. The van der Waals surface area contributed by atoms with Gasteiger partial charge in [-0.2, -0.15) is 0 Å². The number of aryl methyl sites for hydroxylation is 1. The summed E-state index contributed by atoms with van der Waals surface area (Å²) in [5.41, 5.74) is 1.55. The molecule has 0 unspecified atom stereocenters. The minimum Gasteiger partial charge on any atom is -0.259 e. The van der Waals surface area contributed by atoms with Crippen LogP contribution in [0, 0.1) is 6.92 Å².